The van der Waals surface area contributed by atoms with E-state index in [1.165, 1.54) is 68.6 Å². The Hall–Kier alpha value is -8.69. The first-order valence-electron chi connectivity index (χ1n) is 21.5. The van der Waals surface area contributed by atoms with Crippen LogP contribution in [0.15, 0.2) is 192 Å². The van der Waals surface area contributed by atoms with Gasteiger partial charge in [0.15, 0.2) is 17.3 Å². The summed E-state index contributed by atoms with van der Waals surface area (Å²) in [6.07, 6.45) is 0. The van der Waals surface area contributed by atoms with Crippen LogP contribution in [0.3, 0.4) is 0 Å². The third-order valence-corrected chi connectivity index (χ3v) is 12.7. The van der Waals surface area contributed by atoms with Gasteiger partial charge in [-0.2, -0.15) is 0 Å². The van der Waals surface area contributed by atoms with Crippen molar-refractivity contribution in [3.05, 3.63) is 204 Å². The van der Waals surface area contributed by atoms with Crippen LogP contribution in [-0.2, 0) is 14.6 Å². The number of carbonyl (C=O) groups excluding carboxylic acids is 4. The molecule has 0 aliphatic rings. The number of ketones is 3. The first kappa shape index (κ1) is 47.8. The van der Waals surface area contributed by atoms with Gasteiger partial charge in [0.1, 0.15) is 59.2 Å². The number of ether oxygens (including phenoxy) is 5. The maximum Gasteiger partial charge on any atom is 0.338 e. The Bertz CT molecular complexity index is 3310. The maximum atomic E-state index is 13.6. The Morgan fingerprint density at radius 2 is 0.671 bits per heavy atom. The number of sulfone groups is 1. The van der Waals surface area contributed by atoms with Crippen LogP contribution < -0.4 is 18.9 Å². The molecule has 0 aliphatic carbocycles. The highest BCUT2D eigenvalue weighted by molar-refractivity contribution is 7.91. The second-order valence-corrected chi connectivity index (χ2v) is 17.5. The molecular formula is C56H42O13S. The standard InChI is InChI=1S/C56H42O13S/c1-35(59)50-29-23-47(32-53(50)56(62)65-2)69-43-17-9-39(10-18-43)37-5-13-41(14-6-37)67-45-21-27-49(28-22-45)70(63,64)48-25-19-44(20-26-48)66-40-11-3-36(4-12-40)38-7-15-42(16-8-38)68-46-24-30-51(54(60)33-57)52(31-46)55(61)34-58/h3-32,57-58H,33-34H2,1-2H3. The van der Waals surface area contributed by atoms with Gasteiger partial charge in [-0.15, -0.1) is 0 Å². The monoisotopic (exact) mass is 954 g/mol. The lowest BCUT2D eigenvalue weighted by Gasteiger charge is -2.11. The summed E-state index contributed by atoms with van der Waals surface area (Å²) >= 11 is 0. The second kappa shape index (κ2) is 21.1. The highest BCUT2D eigenvalue weighted by Crippen LogP contribution is 2.33. The van der Waals surface area contributed by atoms with Crippen molar-refractivity contribution >= 4 is 33.2 Å². The smallest absolute Gasteiger partial charge is 0.338 e. The summed E-state index contributed by atoms with van der Waals surface area (Å²) in [6.45, 7) is -0.196. The number of aliphatic hydroxyl groups excluding tert-OH is 2. The predicted octanol–water partition coefficient (Wildman–Crippen LogP) is 11.4. The van der Waals surface area contributed by atoms with Crippen LogP contribution in [0.1, 0.15) is 48.4 Å². The van der Waals surface area contributed by atoms with Gasteiger partial charge >= 0.3 is 5.97 Å². The van der Waals surface area contributed by atoms with E-state index in [2.05, 4.69) is 0 Å². The number of Topliss-reactive ketones (excluding diaryl/α,β-unsaturated/α-hetero) is 3. The van der Waals surface area contributed by atoms with E-state index in [-0.39, 0.29) is 43.6 Å². The van der Waals surface area contributed by atoms with Crippen molar-refractivity contribution in [3.63, 3.8) is 0 Å². The van der Waals surface area contributed by atoms with Crippen LogP contribution in [-0.4, -0.2) is 62.3 Å². The molecule has 0 bridgehead atoms. The lowest BCUT2D eigenvalue weighted by atomic mass is 10.00. The first-order chi connectivity index (χ1) is 33.8. The largest absolute Gasteiger partial charge is 0.465 e. The molecule has 14 heteroatoms. The summed E-state index contributed by atoms with van der Waals surface area (Å²) in [4.78, 5) is 48.7. The summed E-state index contributed by atoms with van der Waals surface area (Å²) in [6, 6.07) is 50.5. The topological polar surface area (TPSA) is 189 Å². The van der Waals surface area contributed by atoms with Crippen LogP contribution in [0.5, 0.6) is 46.0 Å². The minimum absolute atomic E-state index is 0.000953. The van der Waals surface area contributed by atoms with Gasteiger partial charge in [0.05, 0.1) is 22.5 Å². The van der Waals surface area contributed by atoms with Gasteiger partial charge in [-0.25, -0.2) is 13.2 Å². The van der Waals surface area contributed by atoms with E-state index in [1.54, 1.807) is 66.7 Å². The van der Waals surface area contributed by atoms with Gasteiger partial charge in [-0.1, -0.05) is 48.5 Å². The van der Waals surface area contributed by atoms with E-state index in [4.69, 9.17) is 23.7 Å². The highest BCUT2D eigenvalue weighted by atomic mass is 32.2. The number of rotatable bonds is 18. The molecule has 0 amide bonds. The third-order valence-electron chi connectivity index (χ3n) is 10.9. The number of carbonyl (C=O) groups is 4. The summed E-state index contributed by atoms with van der Waals surface area (Å²) in [7, 11) is -2.61. The van der Waals surface area contributed by atoms with E-state index < -0.39 is 40.6 Å². The van der Waals surface area contributed by atoms with Crippen molar-refractivity contribution in [3.8, 4) is 68.2 Å². The number of hydrogen-bond donors (Lipinski definition) is 2. The van der Waals surface area contributed by atoms with Crippen molar-refractivity contribution in [1.82, 2.24) is 0 Å². The molecule has 0 radical (unpaired) electrons. The SMILES string of the molecule is COC(=O)c1cc(Oc2ccc(-c3ccc(Oc4ccc(S(=O)(=O)c5ccc(Oc6ccc(-c7ccc(Oc8ccc(C(=O)CO)c(C(=O)CO)c8)cc7)cc6)cc5)cc4)cc3)cc2)ccc1C(C)=O. The fourth-order valence-corrected chi connectivity index (χ4v) is 8.58. The molecule has 0 saturated heterocycles. The summed E-state index contributed by atoms with van der Waals surface area (Å²) < 4.78 is 55.8. The molecular weight excluding hydrogens is 913 g/mol. The van der Waals surface area contributed by atoms with Crippen LogP contribution >= 0.6 is 0 Å². The molecule has 0 heterocycles. The van der Waals surface area contributed by atoms with E-state index >= 15 is 0 Å². The normalized spacial score (nSPS) is 11.0. The van der Waals surface area contributed by atoms with Gasteiger partial charge in [-0.05, 0) is 163 Å². The summed E-state index contributed by atoms with van der Waals surface area (Å²) in [5.74, 6) is 1.42. The zero-order valence-electron chi connectivity index (χ0n) is 37.5. The molecule has 350 valence electrons. The Balaban J connectivity index is 0.836. The number of aliphatic hydroxyl groups is 2. The predicted molar refractivity (Wildman–Crippen MR) is 259 cm³/mol. The Kier molecular flexibility index (Phi) is 14.4. The zero-order valence-corrected chi connectivity index (χ0v) is 38.3. The molecule has 8 aromatic rings. The van der Waals surface area contributed by atoms with E-state index in [1.807, 2.05) is 60.7 Å². The average Bonchev–Trinajstić information content (AvgIpc) is 3.39. The summed E-state index contributed by atoms with van der Waals surface area (Å²) in [5.41, 5.74) is 3.93. The zero-order chi connectivity index (χ0) is 49.4. The Morgan fingerprint density at radius 3 is 1.00 bits per heavy atom. The summed E-state index contributed by atoms with van der Waals surface area (Å²) in [5, 5.41) is 18.6. The van der Waals surface area contributed by atoms with Crippen molar-refractivity contribution in [1.29, 1.82) is 0 Å². The second-order valence-electron chi connectivity index (χ2n) is 15.6. The van der Waals surface area contributed by atoms with Crippen LogP contribution in [0.25, 0.3) is 22.3 Å². The first-order valence-corrected chi connectivity index (χ1v) is 23.0. The van der Waals surface area contributed by atoms with Crippen molar-refractivity contribution < 1.29 is 61.5 Å². The Labute approximate surface area is 402 Å². The molecule has 0 atom stereocenters. The molecule has 70 heavy (non-hydrogen) atoms. The van der Waals surface area contributed by atoms with Gasteiger partial charge in [0.25, 0.3) is 0 Å². The maximum absolute atomic E-state index is 13.6. The molecule has 2 N–H and O–H groups in total. The van der Waals surface area contributed by atoms with Crippen molar-refractivity contribution in [2.45, 2.75) is 16.7 Å². The molecule has 0 saturated carbocycles. The van der Waals surface area contributed by atoms with Crippen LogP contribution in [0, 0.1) is 0 Å². The minimum Gasteiger partial charge on any atom is -0.465 e. The van der Waals surface area contributed by atoms with E-state index in [0.29, 0.717) is 40.2 Å². The fourth-order valence-electron chi connectivity index (χ4n) is 7.32. The number of hydrogen-bond acceptors (Lipinski definition) is 13. The van der Waals surface area contributed by atoms with E-state index in [0.717, 1.165) is 22.3 Å². The van der Waals surface area contributed by atoms with Gasteiger partial charge < -0.3 is 33.9 Å². The lowest BCUT2D eigenvalue weighted by Crippen LogP contribution is -2.14. The molecule has 8 rings (SSSR count). The molecule has 0 unspecified atom stereocenters. The van der Waals surface area contributed by atoms with Crippen molar-refractivity contribution in [2.75, 3.05) is 20.3 Å². The van der Waals surface area contributed by atoms with Crippen LogP contribution in [0.4, 0.5) is 0 Å². The number of methoxy groups -OCH3 is 1. The van der Waals surface area contributed by atoms with Gasteiger partial charge in [-0.3, -0.25) is 14.4 Å². The Morgan fingerprint density at radius 1 is 0.386 bits per heavy atom. The van der Waals surface area contributed by atoms with Crippen molar-refractivity contribution in [2.24, 2.45) is 0 Å². The molecule has 0 aliphatic heterocycles. The highest BCUT2D eigenvalue weighted by Gasteiger charge is 2.20. The fraction of sp³-hybridized carbons (Fsp3) is 0.0714. The quantitative estimate of drug-likeness (QED) is 0.0611. The lowest BCUT2D eigenvalue weighted by molar-refractivity contribution is 0.0596. The van der Waals surface area contributed by atoms with Gasteiger partial charge in [0.2, 0.25) is 9.84 Å². The van der Waals surface area contributed by atoms with E-state index in [9.17, 15) is 37.8 Å². The third kappa shape index (κ3) is 11.0. The molecule has 0 fully saturated rings. The number of benzene rings is 8. The number of esters is 1. The molecule has 0 spiro atoms. The van der Waals surface area contributed by atoms with Crippen LogP contribution in [0.2, 0.25) is 0 Å². The molecule has 8 aromatic carbocycles. The molecule has 13 nitrogen and oxygen atoms in total. The van der Waals surface area contributed by atoms with Gasteiger partial charge in [0, 0.05) is 16.7 Å². The molecule has 0 aromatic heterocycles. The average molecular weight is 955 g/mol. The minimum atomic E-state index is -3.86.